The number of hydrogen-bond donors (Lipinski definition) is 0. The minimum Gasteiger partial charge on any atom is -0.495 e. The topological polar surface area (TPSA) is 38.7 Å². The van der Waals surface area contributed by atoms with Gasteiger partial charge in [-0.15, -0.1) is 0 Å². The number of para-hydroxylation sites is 1. The molecule has 0 aromatic heterocycles. The van der Waals surface area contributed by atoms with E-state index in [0.717, 1.165) is 41.5 Å². The Morgan fingerprint density at radius 1 is 1.41 bits per heavy atom. The van der Waals surface area contributed by atoms with Crippen molar-refractivity contribution in [1.82, 2.24) is 0 Å². The van der Waals surface area contributed by atoms with Crippen molar-refractivity contribution in [3.63, 3.8) is 0 Å². The van der Waals surface area contributed by atoms with Gasteiger partial charge in [-0.25, -0.2) is 4.79 Å². The second-order valence-corrected chi connectivity index (χ2v) is 5.12. The Labute approximate surface area is 109 Å². The zero-order valence-electron chi connectivity index (χ0n) is 9.70. The number of benzene rings is 1. The number of aliphatic imine (C=N–C) groups is 1. The number of nitrogens with zero attached hydrogens (tertiary/aromatic N) is 1. The van der Waals surface area contributed by atoms with Crippen LogP contribution >= 0.6 is 15.9 Å². The van der Waals surface area contributed by atoms with Gasteiger partial charge in [0.2, 0.25) is 6.08 Å². The highest BCUT2D eigenvalue weighted by Crippen LogP contribution is 2.47. The summed E-state index contributed by atoms with van der Waals surface area (Å²) in [5.41, 5.74) is 0.548. The van der Waals surface area contributed by atoms with Crippen LogP contribution in [-0.4, -0.2) is 13.2 Å². The average molecular weight is 296 g/mol. The van der Waals surface area contributed by atoms with Gasteiger partial charge in [0.1, 0.15) is 11.3 Å². The molecule has 90 valence electrons. The lowest BCUT2D eigenvalue weighted by molar-refractivity contribution is 0.377. The third-order valence-electron chi connectivity index (χ3n) is 3.36. The number of hydrogen-bond acceptors (Lipinski definition) is 3. The summed E-state index contributed by atoms with van der Waals surface area (Å²) in [6.07, 6.45) is 5.66. The minimum absolute atomic E-state index is 0.434. The molecule has 1 aromatic rings. The van der Waals surface area contributed by atoms with E-state index in [9.17, 15) is 4.79 Å². The maximum absolute atomic E-state index is 10.7. The largest absolute Gasteiger partial charge is 0.495 e. The van der Waals surface area contributed by atoms with Crippen LogP contribution in [0, 0.1) is 0 Å². The summed E-state index contributed by atoms with van der Waals surface area (Å²) in [5.74, 6) is 0.772. The molecular formula is C13H14BrNO2. The van der Waals surface area contributed by atoms with Crippen LogP contribution in [0.15, 0.2) is 27.7 Å². The SMILES string of the molecule is COc1c(Br)cccc1C1(N=C=O)CCCC1. The maximum Gasteiger partial charge on any atom is 0.235 e. The maximum atomic E-state index is 10.7. The average Bonchev–Trinajstić information content (AvgIpc) is 2.79. The molecule has 0 radical (unpaired) electrons. The van der Waals surface area contributed by atoms with E-state index in [-0.39, 0.29) is 0 Å². The first-order chi connectivity index (χ1) is 8.23. The molecule has 0 spiro atoms. The lowest BCUT2D eigenvalue weighted by Gasteiger charge is -2.25. The minimum atomic E-state index is -0.434. The quantitative estimate of drug-likeness (QED) is 0.632. The van der Waals surface area contributed by atoms with E-state index in [1.807, 2.05) is 18.2 Å². The fourth-order valence-electron chi connectivity index (χ4n) is 2.57. The third kappa shape index (κ3) is 2.15. The predicted molar refractivity (Wildman–Crippen MR) is 69.0 cm³/mol. The van der Waals surface area contributed by atoms with Gasteiger partial charge < -0.3 is 4.74 Å². The van der Waals surface area contributed by atoms with E-state index in [1.54, 1.807) is 13.2 Å². The molecule has 0 aliphatic heterocycles. The Morgan fingerprint density at radius 3 is 2.71 bits per heavy atom. The molecule has 3 nitrogen and oxygen atoms in total. The van der Waals surface area contributed by atoms with Gasteiger partial charge >= 0.3 is 0 Å². The van der Waals surface area contributed by atoms with Crippen molar-refractivity contribution < 1.29 is 9.53 Å². The Morgan fingerprint density at radius 2 is 2.12 bits per heavy atom. The summed E-state index contributed by atoms with van der Waals surface area (Å²) in [6, 6.07) is 5.85. The molecule has 0 N–H and O–H groups in total. The normalized spacial score (nSPS) is 17.5. The lowest BCUT2D eigenvalue weighted by atomic mass is 9.88. The van der Waals surface area contributed by atoms with Crippen molar-refractivity contribution in [2.45, 2.75) is 31.2 Å². The zero-order valence-corrected chi connectivity index (χ0v) is 11.3. The molecule has 2 rings (SSSR count). The van der Waals surface area contributed by atoms with Crippen molar-refractivity contribution in [3.05, 3.63) is 28.2 Å². The fraction of sp³-hybridized carbons (Fsp3) is 0.462. The number of carbonyl (C=O) groups excluding carboxylic acids is 1. The van der Waals surface area contributed by atoms with Crippen LogP contribution in [-0.2, 0) is 10.3 Å². The molecule has 0 amide bonds. The van der Waals surface area contributed by atoms with Crippen LogP contribution in [0.1, 0.15) is 31.2 Å². The highest BCUT2D eigenvalue weighted by molar-refractivity contribution is 9.10. The van der Waals surface area contributed by atoms with E-state index in [2.05, 4.69) is 20.9 Å². The van der Waals surface area contributed by atoms with E-state index in [4.69, 9.17) is 4.74 Å². The molecule has 1 aliphatic rings. The molecule has 1 fully saturated rings. The van der Waals surface area contributed by atoms with Gasteiger partial charge in [0, 0.05) is 5.56 Å². The summed E-state index contributed by atoms with van der Waals surface area (Å²) in [5, 5.41) is 0. The van der Waals surface area contributed by atoms with Gasteiger partial charge in [-0.3, -0.25) is 0 Å². The summed E-state index contributed by atoms with van der Waals surface area (Å²) in [4.78, 5) is 14.7. The number of ether oxygens (including phenoxy) is 1. The van der Waals surface area contributed by atoms with Crippen molar-refractivity contribution in [2.24, 2.45) is 4.99 Å². The van der Waals surface area contributed by atoms with Gasteiger partial charge in [0.25, 0.3) is 0 Å². The Kier molecular flexibility index (Phi) is 3.65. The number of rotatable bonds is 3. The molecule has 17 heavy (non-hydrogen) atoms. The van der Waals surface area contributed by atoms with Crippen molar-refractivity contribution >= 4 is 22.0 Å². The van der Waals surface area contributed by atoms with Crippen molar-refractivity contribution in [1.29, 1.82) is 0 Å². The second kappa shape index (κ2) is 5.03. The van der Waals surface area contributed by atoms with Crippen LogP contribution in [0.3, 0.4) is 0 Å². The first kappa shape index (κ1) is 12.3. The predicted octanol–water partition coefficient (Wildman–Crippen LogP) is 3.56. The first-order valence-electron chi connectivity index (χ1n) is 5.65. The van der Waals surface area contributed by atoms with Gasteiger partial charge in [-0.1, -0.05) is 25.0 Å². The number of methoxy groups -OCH3 is 1. The molecule has 1 aromatic carbocycles. The summed E-state index contributed by atoms with van der Waals surface area (Å²) in [7, 11) is 1.64. The Balaban J connectivity index is 2.57. The molecule has 0 bridgehead atoms. The van der Waals surface area contributed by atoms with E-state index >= 15 is 0 Å². The third-order valence-corrected chi connectivity index (χ3v) is 3.99. The van der Waals surface area contributed by atoms with Gasteiger partial charge in [0.15, 0.2) is 0 Å². The van der Waals surface area contributed by atoms with Crippen LogP contribution in [0.25, 0.3) is 0 Å². The number of isocyanates is 1. The smallest absolute Gasteiger partial charge is 0.235 e. The van der Waals surface area contributed by atoms with Crippen molar-refractivity contribution in [2.75, 3.05) is 7.11 Å². The highest BCUT2D eigenvalue weighted by Gasteiger charge is 2.38. The number of halogens is 1. The summed E-state index contributed by atoms with van der Waals surface area (Å²) in [6.45, 7) is 0. The lowest BCUT2D eigenvalue weighted by Crippen LogP contribution is -2.20. The van der Waals surface area contributed by atoms with Crippen LogP contribution in [0.5, 0.6) is 5.75 Å². The van der Waals surface area contributed by atoms with Gasteiger partial charge in [-0.05, 0) is 34.8 Å². The van der Waals surface area contributed by atoms with Crippen LogP contribution < -0.4 is 4.74 Å². The molecule has 0 heterocycles. The standard InChI is InChI=1S/C13H14BrNO2/c1-17-12-10(5-4-6-11(12)14)13(15-9-16)7-2-3-8-13/h4-6H,2-3,7-8H2,1H3. The van der Waals surface area contributed by atoms with Gasteiger partial charge in [0.05, 0.1) is 11.6 Å². The fourth-order valence-corrected chi connectivity index (χ4v) is 3.10. The molecule has 1 saturated carbocycles. The van der Waals surface area contributed by atoms with Crippen molar-refractivity contribution in [3.8, 4) is 5.75 Å². The first-order valence-corrected chi connectivity index (χ1v) is 6.45. The van der Waals surface area contributed by atoms with Gasteiger partial charge in [-0.2, -0.15) is 4.99 Å². The molecule has 0 saturated heterocycles. The second-order valence-electron chi connectivity index (χ2n) is 4.26. The highest BCUT2D eigenvalue weighted by atomic mass is 79.9. The summed E-state index contributed by atoms with van der Waals surface area (Å²) >= 11 is 3.46. The zero-order chi connectivity index (χ0) is 12.3. The molecule has 1 aliphatic carbocycles. The van der Waals surface area contributed by atoms with E-state index in [0.29, 0.717) is 0 Å². The Hall–Kier alpha value is -1.12. The molecule has 4 heteroatoms. The van der Waals surface area contributed by atoms with Crippen LogP contribution in [0.2, 0.25) is 0 Å². The monoisotopic (exact) mass is 295 g/mol. The Bertz CT molecular complexity index is 460. The molecule has 0 unspecified atom stereocenters. The summed E-state index contributed by atoms with van der Waals surface area (Å²) < 4.78 is 6.32. The molecule has 0 atom stereocenters. The van der Waals surface area contributed by atoms with E-state index < -0.39 is 5.54 Å². The molecular weight excluding hydrogens is 282 g/mol. The van der Waals surface area contributed by atoms with Crippen LogP contribution in [0.4, 0.5) is 0 Å². The van der Waals surface area contributed by atoms with E-state index in [1.165, 1.54) is 0 Å².